The van der Waals surface area contributed by atoms with Gasteiger partial charge in [-0.2, -0.15) is 4.98 Å². The maximum atomic E-state index is 13.0. The van der Waals surface area contributed by atoms with Crippen molar-refractivity contribution in [2.24, 2.45) is 0 Å². The lowest BCUT2D eigenvalue weighted by Crippen LogP contribution is -2.04. The lowest BCUT2D eigenvalue weighted by atomic mass is 10.2. The number of para-hydroxylation sites is 3. The summed E-state index contributed by atoms with van der Waals surface area (Å²) in [5.74, 6) is 2.27. The predicted molar refractivity (Wildman–Crippen MR) is 112 cm³/mol. The lowest BCUT2D eigenvalue weighted by molar-refractivity contribution is 0.485. The molecule has 0 radical (unpaired) electrons. The van der Waals surface area contributed by atoms with Crippen LogP contribution in [0.25, 0.3) is 0 Å². The molecule has 0 aliphatic heterocycles. The summed E-state index contributed by atoms with van der Waals surface area (Å²) in [4.78, 5) is 8.77. The van der Waals surface area contributed by atoms with Gasteiger partial charge in [0, 0.05) is 12.7 Å². The number of hydrogen-bond acceptors (Lipinski definition) is 5. The topological polar surface area (TPSA) is 59.1 Å². The summed E-state index contributed by atoms with van der Waals surface area (Å²) in [6, 6.07) is 25.3. The van der Waals surface area contributed by atoms with Crippen molar-refractivity contribution in [3.8, 4) is 11.5 Å². The molecule has 6 heteroatoms. The molecule has 1 heterocycles. The molecular weight excluding hydrogens is 367 g/mol. The molecular formula is C23H19FN4O. The highest BCUT2D eigenvalue weighted by Gasteiger charge is 2.07. The number of benzene rings is 3. The van der Waals surface area contributed by atoms with Crippen molar-refractivity contribution in [3.63, 3.8) is 0 Å². The molecule has 3 aromatic carbocycles. The molecule has 0 amide bonds. The number of aromatic nitrogens is 2. The molecule has 5 nitrogen and oxygen atoms in total. The number of halogens is 1. The van der Waals surface area contributed by atoms with E-state index in [1.54, 1.807) is 24.4 Å². The van der Waals surface area contributed by atoms with E-state index in [1.165, 1.54) is 12.1 Å². The van der Waals surface area contributed by atoms with Crippen LogP contribution >= 0.6 is 0 Å². The first-order valence-electron chi connectivity index (χ1n) is 9.16. The van der Waals surface area contributed by atoms with E-state index >= 15 is 0 Å². The van der Waals surface area contributed by atoms with Gasteiger partial charge in [0.05, 0.1) is 5.69 Å². The second-order valence-electron chi connectivity index (χ2n) is 6.28. The molecule has 2 N–H and O–H groups in total. The van der Waals surface area contributed by atoms with Gasteiger partial charge in [0.2, 0.25) is 5.95 Å². The van der Waals surface area contributed by atoms with Crippen molar-refractivity contribution in [3.05, 3.63) is 103 Å². The third-order valence-corrected chi connectivity index (χ3v) is 4.15. The largest absolute Gasteiger partial charge is 0.455 e. The Morgan fingerprint density at radius 3 is 2.41 bits per heavy atom. The molecule has 29 heavy (non-hydrogen) atoms. The van der Waals surface area contributed by atoms with Gasteiger partial charge in [-0.3, -0.25) is 0 Å². The summed E-state index contributed by atoms with van der Waals surface area (Å²) in [7, 11) is 0. The van der Waals surface area contributed by atoms with Crippen LogP contribution in [0.4, 0.5) is 21.8 Å². The third kappa shape index (κ3) is 5.07. The highest BCUT2D eigenvalue weighted by Crippen LogP contribution is 2.30. The Morgan fingerprint density at radius 2 is 1.59 bits per heavy atom. The first-order chi connectivity index (χ1) is 14.3. The van der Waals surface area contributed by atoms with E-state index in [0.29, 0.717) is 24.1 Å². The van der Waals surface area contributed by atoms with Gasteiger partial charge >= 0.3 is 0 Å². The maximum Gasteiger partial charge on any atom is 0.229 e. The Balaban J connectivity index is 1.46. The summed E-state index contributed by atoms with van der Waals surface area (Å²) < 4.78 is 19.0. The van der Waals surface area contributed by atoms with Crippen molar-refractivity contribution < 1.29 is 9.13 Å². The molecule has 4 aromatic rings. The highest BCUT2D eigenvalue weighted by molar-refractivity contribution is 5.63. The van der Waals surface area contributed by atoms with Crippen molar-refractivity contribution in [1.29, 1.82) is 0 Å². The quantitative estimate of drug-likeness (QED) is 0.423. The van der Waals surface area contributed by atoms with Gasteiger partial charge in [0.15, 0.2) is 5.75 Å². The van der Waals surface area contributed by atoms with Crippen molar-refractivity contribution >= 4 is 17.5 Å². The average molecular weight is 386 g/mol. The second-order valence-corrected chi connectivity index (χ2v) is 6.28. The zero-order valence-electron chi connectivity index (χ0n) is 15.5. The van der Waals surface area contributed by atoms with Gasteiger partial charge in [-0.05, 0) is 48.0 Å². The first kappa shape index (κ1) is 18.4. The van der Waals surface area contributed by atoms with E-state index in [0.717, 1.165) is 17.0 Å². The van der Waals surface area contributed by atoms with E-state index < -0.39 is 0 Å². The van der Waals surface area contributed by atoms with E-state index in [2.05, 4.69) is 20.6 Å². The Kier molecular flexibility index (Phi) is 5.62. The SMILES string of the molecule is Fc1ccc(CNc2ccnc(Nc3ccccc3Oc3ccccc3)n2)cc1. The number of nitrogens with zero attached hydrogens (tertiary/aromatic N) is 2. The zero-order chi connectivity index (χ0) is 19.9. The Morgan fingerprint density at radius 1 is 0.828 bits per heavy atom. The summed E-state index contributed by atoms with van der Waals surface area (Å²) in [6.07, 6.45) is 1.67. The molecule has 4 rings (SSSR count). The summed E-state index contributed by atoms with van der Waals surface area (Å²) >= 11 is 0. The number of hydrogen-bond donors (Lipinski definition) is 2. The van der Waals surface area contributed by atoms with E-state index in [4.69, 9.17) is 4.74 Å². The second kappa shape index (κ2) is 8.84. The lowest BCUT2D eigenvalue weighted by Gasteiger charge is -2.13. The standard InChI is InChI=1S/C23H19FN4O/c24-18-12-10-17(11-13-18)16-26-22-14-15-25-23(28-22)27-20-8-4-5-9-21(20)29-19-6-2-1-3-7-19/h1-15H,16H2,(H2,25,26,27,28). The van der Waals surface area contributed by atoms with Gasteiger partial charge in [0.1, 0.15) is 17.4 Å². The smallest absolute Gasteiger partial charge is 0.229 e. The van der Waals surface area contributed by atoms with Crippen LogP contribution in [0, 0.1) is 5.82 Å². The van der Waals surface area contributed by atoms with Crippen molar-refractivity contribution in [2.75, 3.05) is 10.6 Å². The number of anilines is 3. The monoisotopic (exact) mass is 386 g/mol. The molecule has 0 saturated heterocycles. The summed E-state index contributed by atoms with van der Waals surface area (Å²) in [6.45, 7) is 0.532. The summed E-state index contributed by atoms with van der Waals surface area (Å²) in [5.41, 5.74) is 1.72. The Labute approximate surface area is 168 Å². The van der Waals surface area contributed by atoms with Crippen LogP contribution in [0.15, 0.2) is 91.1 Å². The van der Waals surface area contributed by atoms with Crippen LogP contribution < -0.4 is 15.4 Å². The predicted octanol–water partition coefficient (Wildman–Crippen LogP) is 5.76. The molecule has 0 atom stereocenters. The molecule has 0 aliphatic carbocycles. The van der Waals surface area contributed by atoms with Crippen LogP contribution in [-0.4, -0.2) is 9.97 Å². The van der Waals surface area contributed by atoms with E-state index in [9.17, 15) is 4.39 Å². The fourth-order valence-corrected chi connectivity index (χ4v) is 2.71. The number of rotatable bonds is 7. The van der Waals surface area contributed by atoms with Gasteiger partial charge in [-0.25, -0.2) is 9.37 Å². The number of ether oxygens (including phenoxy) is 1. The number of nitrogens with one attached hydrogen (secondary N) is 2. The molecule has 0 unspecified atom stereocenters. The van der Waals surface area contributed by atoms with Crippen LogP contribution in [0.3, 0.4) is 0 Å². The highest BCUT2D eigenvalue weighted by atomic mass is 19.1. The Bertz CT molecular complexity index is 1070. The maximum absolute atomic E-state index is 13.0. The van der Waals surface area contributed by atoms with Crippen molar-refractivity contribution in [2.45, 2.75) is 6.54 Å². The van der Waals surface area contributed by atoms with Crippen LogP contribution in [-0.2, 0) is 6.54 Å². The molecule has 0 spiro atoms. The van der Waals surface area contributed by atoms with Gasteiger partial charge in [-0.15, -0.1) is 0 Å². The van der Waals surface area contributed by atoms with Gasteiger partial charge in [0.25, 0.3) is 0 Å². The van der Waals surface area contributed by atoms with Crippen LogP contribution in [0.5, 0.6) is 11.5 Å². The van der Waals surface area contributed by atoms with Crippen LogP contribution in [0.1, 0.15) is 5.56 Å². The van der Waals surface area contributed by atoms with E-state index in [-0.39, 0.29) is 5.82 Å². The zero-order valence-corrected chi connectivity index (χ0v) is 15.5. The van der Waals surface area contributed by atoms with E-state index in [1.807, 2.05) is 54.6 Å². The molecule has 1 aromatic heterocycles. The molecule has 0 fully saturated rings. The third-order valence-electron chi connectivity index (χ3n) is 4.15. The molecule has 0 bridgehead atoms. The molecule has 0 aliphatic rings. The Hall–Kier alpha value is -3.93. The molecule has 0 saturated carbocycles. The molecule has 144 valence electrons. The van der Waals surface area contributed by atoms with Gasteiger partial charge < -0.3 is 15.4 Å². The van der Waals surface area contributed by atoms with Crippen LogP contribution in [0.2, 0.25) is 0 Å². The fourth-order valence-electron chi connectivity index (χ4n) is 2.71. The summed E-state index contributed by atoms with van der Waals surface area (Å²) in [5, 5.41) is 6.42. The fraction of sp³-hybridized carbons (Fsp3) is 0.0435. The minimum atomic E-state index is -0.251. The average Bonchev–Trinajstić information content (AvgIpc) is 2.76. The normalized spacial score (nSPS) is 10.4. The first-order valence-corrected chi connectivity index (χ1v) is 9.16. The minimum Gasteiger partial charge on any atom is -0.455 e. The minimum absolute atomic E-state index is 0.251. The van der Waals surface area contributed by atoms with Gasteiger partial charge in [-0.1, -0.05) is 42.5 Å². The van der Waals surface area contributed by atoms with Crippen molar-refractivity contribution in [1.82, 2.24) is 9.97 Å².